The zero-order valence-corrected chi connectivity index (χ0v) is 19.4. The first-order chi connectivity index (χ1) is 16.2. The molecule has 0 saturated carbocycles. The Morgan fingerprint density at radius 3 is 2.41 bits per heavy atom. The number of hydrogen-bond acceptors (Lipinski definition) is 6. The maximum Gasteiger partial charge on any atom is 0.243 e. The van der Waals surface area contributed by atoms with Gasteiger partial charge in [0.1, 0.15) is 17.9 Å². The van der Waals surface area contributed by atoms with Gasteiger partial charge in [0, 0.05) is 18.7 Å². The van der Waals surface area contributed by atoms with Crippen molar-refractivity contribution in [2.45, 2.75) is 37.2 Å². The SMILES string of the molecule is N=C(N)c1ccc(CNC(=O)[C@@H]2CCCN2C(=O)[C@@H](CO)NS(=O)(=O)Cc2ccccc2)cc1. The molecule has 34 heavy (non-hydrogen) atoms. The number of rotatable bonds is 10. The van der Waals surface area contributed by atoms with Crippen molar-refractivity contribution in [1.82, 2.24) is 14.9 Å². The lowest BCUT2D eigenvalue weighted by molar-refractivity contribution is -0.140. The molecule has 0 unspecified atom stereocenters. The van der Waals surface area contributed by atoms with Crippen molar-refractivity contribution in [3.8, 4) is 0 Å². The van der Waals surface area contributed by atoms with Crippen molar-refractivity contribution in [3.05, 3.63) is 71.3 Å². The van der Waals surface area contributed by atoms with Crippen LogP contribution in [0.25, 0.3) is 0 Å². The Kier molecular flexibility index (Phi) is 8.37. The molecule has 0 bridgehead atoms. The molecule has 2 aromatic rings. The van der Waals surface area contributed by atoms with Crippen LogP contribution in [0.3, 0.4) is 0 Å². The van der Waals surface area contributed by atoms with E-state index in [1.165, 1.54) is 4.90 Å². The number of nitrogen functional groups attached to an aromatic ring is 1. The minimum atomic E-state index is -3.90. The van der Waals surface area contributed by atoms with Gasteiger partial charge < -0.3 is 21.1 Å². The van der Waals surface area contributed by atoms with E-state index in [9.17, 15) is 23.1 Å². The third kappa shape index (κ3) is 6.62. The number of hydrogen-bond donors (Lipinski definition) is 5. The lowest BCUT2D eigenvalue weighted by atomic mass is 10.1. The Morgan fingerprint density at radius 2 is 1.79 bits per heavy atom. The van der Waals surface area contributed by atoms with E-state index in [1.54, 1.807) is 54.6 Å². The fourth-order valence-electron chi connectivity index (χ4n) is 3.83. The summed E-state index contributed by atoms with van der Waals surface area (Å²) in [6.07, 6.45) is 1.03. The van der Waals surface area contributed by atoms with Gasteiger partial charge in [0.2, 0.25) is 21.8 Å². The number of amides is 2. The largest absolute Gasteiger partial charge is 0.394 e. The molecule has 0 radical (unpaired) electrons. The number of aliphatic hydroxyl groups is 1. The molecule has 2 amide bonds. The van der Waals surface area contributed by atoms with E-state index in [4.69, 9.17) is 11.1 Å². The van der Waals surface area contributed by atoms with Crippen LogP contribution < -0.4 is 15.8 Å². The second-order valence-electron chi connectivity index (χ2n) is 8.12. The summed E-state index contributed by atoms with van der Waals surface area (Å²) >= 11 is 0. The molecule has 6 N–H and O–H groups in total. The second kappa shape index (κ2) is 11.2. The normalized spacial score (nSPS) is 16.7. The minimum Gasteiger partial charge on any atom is -0.394 e. The van der Waals surface area contributed by atoms with Crippen LogP contribution in [0.4, 0.5) is 0 Å². The van der Waals surface area contributed by atoms with Crippen molar-refractivity contribution in [2.75, 3.05) is 13.2 Å². The minimum absolute atomic E-state index is 0.0477. The van der Waals surface area contributed by atoms with Gasteiger partial charge in [-0.3, -0.25) is 15.0 Å². The van der Waals surface area contributed by atoms with Crippen molar-refractivity contribution in [1.29, 1.82) is 5.41 Å². The first-order valence-corrected chi connectivity index (χ1v) is 12.5. The smallest absolute Gasteiger partial charge is 0.243 e. The summed E-state index contributed by atoms with van der Waals surface area (Å²) in [5, 5.41) is 19.9. The Morgan fingerprint density at radius 1 is 1.12 bits per heavy atom. The van der Waals surface area contributed by atoms with Gasteiger partial charge in [-0.25, -0.2) is 13.1 Å². The van der Waals surface area contributed by atoms with Crippen LogP contribution in [0, 0.1) is 5.41 Å². The van der Waals surface area contributed by atoms with Crippen LogP contribution in [0.2, 0.25) is 0 Å². The molecule has 10 nitrogen and oxygen atoms in total. The molecule has 11 heteroatoms. The van der Waals surface area contributed by atoms with Crippen LogP contribution in [0.15, 0.2) is 54.6 Å². The Bertz CT molecular complexity index is 1120. The number of carbonyl (C=O) groups excluding carboxylic acids is 2. The summed E-state index contributed by atoms with van der Waals surface area (Å²) in [6.45, 7) is -0.204. The summed E-state index contributed by atoms with van der Waals surface area (Å²) in [4.78, 5) is 27.1. The molecule has 1 aliphatic rings. The van der Waals surface area contributed by atoms with E-state index in [1.807, 2.05) is 0 Å². The van der Waals surface area contributed by atoms with Gasteiger partial charge in [-0.1, -0.05) is 54.6 Å². The second-order valence-corrected chi connectivity index (χ2v) is 9.87. The molecule has 2 atom stereocenters. The van der Waals surface area contributed by atoms with Crippen molar-refractivity contribution in [2.24, 2.45) is 5.73 Å². The van der Waals surface area contributed by atoms with Crippen LogP contribution in [-0.4, -0.2) is 61.3 Å². The zero-order valence-electron chi connectivity index (χ0n) is 18.6. The Hall–Kier alpha value is -3.28. The third-order valence-electron chi connectivity index (χ3n) is 5.57. The van der Waals surface area contributed by atoms with E-state index in [-0.39, 0.29) is 24.0 Å². The monoisotopic (exact) mass is 487 g/mol. The molecule has 3 rings (SSSR count). The van der Waals surface area contributed by atoms with Crippen LogP contribution >= 0.6 is 0 Å². The van der Waals surface area contributed by atoms with Crippen molar-refractivity contribution >= 4 is 27.7 Å². The maximum atomic E-state index is 13.0. The van der Waals surface area contributed by atoms with E-state index in [0.717, 1.165) is 5.56 Å². The van der Waals surface area contributed by atoms with E-state index >= 15 is 0 Å². The van der Waals surface area contributed by atoms with Gasteiger partial charge in [-0.05, 0) is 24.0 Å². The van der Waals surface area contributed by atoms with Crippen LogP contribution in [-0.2, 0) is 31.9 Å². The van der Waals surface area contributed by atoms with Crippen LogP contribution in [0.1, 0.15) is 29.5 Å². The number of sulfonamides is 1. The van der Waals surface area contributed by atoms with Gasteiger partial charge in [0.05, 0.1) is 12.4 Å². The molecule has 2 aromatic carbocycles. The summed E-state index contributed by atoms with van der Waals surface area (Å²) in [6, 6.07) is 13.2. The summed E-state index contributed by atoms with van der Waals surface area (Å²) < 4.78 is 27.3. The molecule has 0 spiro atoms. The predicted molar refractivity (Wildman–Crippen MR) is 127 cm³/mol. The van der Waals surface area contributed by atoms with Gasteiger partial charge in [-0.15, -0.1) is 0 Å². The highest BCUT2D eigenvalue weighted by molar-refractivity contribution is 7.88. The van der Waals surface area contributed by atoms with E-state index in [2.05, 4.69) is 10.0 Å². The molecule has 1 heterocycles. The molecule has 182 valence electrons. The molecule has 1 fully saturated rings. The lowest BCUT2D eigenvalue weighted by Crippen LogP contribution is -2.54. The van der Waals surface area contributed by atoms with Gasteiger partial charge in [0.25, 0.3) is 0 Å². The summed E-state index contributed by atoms with van der Waals surface area (Å²) in [5.41, 5.74) is 7.37. The molecular formula is C23H29N5O5S. The van der Waals surface area contributed by atoms with Gasteiger partial charge in [0.15, 0.2) is 0 Å². The standard InChI is InChI=1S/C23H29N5O5S/c24-21(25)18-10-8-16(9-11-18)13-26-22(30)20-7-4-12-28(20)23(31)19(14-29)27-34(32,33)15-17-5-2-1-3-6-17/h1-3,5-6,8-11,19-20,27,29H,4,7,12-15H2,(H3,24,25)(H,26,30)/t19-,20+/m1/s1. The highest BCUT2D eigenvalue weighted by atomic mass is 32.2. The highest BCUT2D eigenvalue weighted by Gasteiger charge is 2.38. The lowest BCUT2D eigenvalue weighted by Gasteiger charge is -2.28. The fourth-order valence-corrected chi connectivity index (χ4v) is 5.15. The predicted octanol–water partition coefficient (Wildman–Crippen LogP) is 0.0584. The van der Waals surface area contributed by atoms with Gasteiger partial charge >= 0.3 is 0 Å². The third-order valence-corrected chi connectivity index (χ3v) is 6.93. The van der Waals surface area contributed by atoms with E-state index < -0.39 is 34.6 Å². The number of carbonyl (C=O) groups is 2. The molecule has 0 aromatic heterocycles. The first-order valence-electron chi connectivity index (χ1n) is 10.9. The quantitative estimate of drug-likeness (QED) is 0.235. The van der Waals surface area contributed by atoms with Crippen molar-refractivity contribution in [3.63, 3.8) is 0 Å². The molecular weight excluding hydrogens is 458 g/mol. The maximum absolute atomic E-state index is 13.0. The number of aliphatic hydroxyl groups excluding tert-OH is 1. The topological polar surface area (TPSA) is 166 Å². The number of amidine groups is 1. The molecule has 1 saturated heterocycles. The number of nitrogens with one attached hydrogen (secondary N) is 3. The average Bonchev–Trinajstić information content (AvgIpc) is 3.31. The average molecular weight is 488 g/mol. The number of likely N-dealkylation sites (tertiary alicyclic amines) is 1. The fraction of sp³-hybridized carbons (Fsp3) is 0.348. The first kappa shape index (κ1) is 25.3. The number of benzene rings is 2. The summed E-state index contributed by atoms with van der Waals surface area (Å²) in [5.74, 6) is -1.37. The Labute approximate surface area is 198 Å². The highest BCUT2D eigenvalue weighted by Crippen LogP contribution is 2.19. The van der Waals surface area contributed by atoms with E-state index in [0.29, 0.717) is 30.5 Å². The number of nitrogens with two attached hydrogens (primary N) is 1. The number of nitrogens with zero attached hydrogens (tertiary/aromatic N) is 1. The summed E-state index contributed by atoms with van der Waals surface area (Å²) in [7, 11) is -3.90. The molecule has 1 aliphatic heterocycles. The zero-order chi connectivity index (χ0) is 24.7. The Balaban J connectivity index is 1.61. The van der Waals surface area contributed by atoms with Crippen molar-refractivity contribution < 1.29 is 23.1 Å². The molecule has 0 aliphatic carbocycles. The van der Waals surface area contributed by atoms with Gasteiger partial charge in [-0.2, -0.15) is 0 Å². The van der Waals surface area contributed by atoms with Crippen LogP contribution in [0.5, 0.6) is 0 Å².